The first-order valence-corrected chi connectivity index (χ1v) is 8.98. The number of carboxylic acid groups (broad SMARTS) is 2. The van der Waals surface area contributed by atoms with E-state index in [1.807, 2.05) is 30.3 Å². The van der Waals surface area contributed by atoms with Gasteiger partial charge >= 0.3 is 11.9 Å². The van der Waals surface area contributed by atoms with Crippen LogP contribution in [-0.4, -0.2) is 58.6 Å². The first-order chi connectivity index (χ1) is 12.5. The van der Waals surface area contributed by atoms with Crippen molar-refractivity contribution in [3.63, 3.8) is 0 Å². The summed E-state index contributed by atoms with van der Waals surface area (Å²) in [5.74, 6) is -2.55. The number of carboxylic acids is 2. The van der Waals surface area contributed by atoms with Crippen LogP contribution in [0, 0.1) is 5.92 Å². The number of amides is 1. The van der Waals surface area contributed by atoms with Crippen molar-refractivity contribution in [1.29, 1.82) is 0 Å². The van der Waals surface area contributed by atoms with Crippen LogP contribution in [0.1, 0.15) is 31.2 Å². The SMILES string of the molecule is O=C(O)CN1CCCCC(CNC(CCc2ccccc2)C(=O)O)C1=O. The molecule has 1 aliphatic heterocycles. The lowest BCUT2D eigenvalue weighted by atomic mass is 10.0. The minimum atomic E-state index is -1.03. The molecule has 3 N–H and O–H groups in total. The summed E-state index contributed by atoms with van der Waals surface area (Å²) in [5, 5.41) is 21.4. The van der Waals surface area contributed by atoms with E-state index in [9.17, 15) is 19.5 Å². The Labute approximate surface area is 153 Å². The standard InChI is InChI=1S/C19H26N2O5/c22-17(23)13-21-11-5-4-8-15(18(21)24)12-20-16(19(25)26)10-9-14-6-2-1-3-7-14/h1-3,6-7,15-16,20H,4-5,8-13H2,(H,22,23)(H,25,26). The van der Waals surface area contributed by atoms with Gasteiger partial charge in [0.15, 0.2) is 0 Å². The number of likely N-dealkylation sites (tertiary alicyclic amines) is 1. The Kier molecular flexibility index (Phi) is 7.59. The van der Waals surface area contributed by atoms with E-state index < -0.39 is 18.0 Å². The van der Waals surface area contributed by atoms with Gasteiger partial charge < -0.3 is 20.4 Å². The molecule has 2 atom stereocenters. The van der Waals surface area contributed by atoms with Crippen LogP contribution in [0.5, 0.6) is 0 Å². The Morgan fingerprint density at radius 3 is 2.58 bits per heavy atom. The molecule has 2 unspecified atom stereocenters. The van der Waals surface area contributed by atoms with Crippen molar-refractivity contribution in [3.8, 4) is 0 Å². The van der Waals surface area contributed by atoms with Gasteiger partial charge in [-0.05, 0) is 31.2 Å². The largest absolute Gasteiger partial charge is 0.480 e. The predicted molar refractivity (Wildman–Crippen MR) is 95.7 cm³/mol. The van der Waals surface area contributed by atoms with Crippen LogP contribution in [0.25, 0.3) is 0 Å². The number of carbonyl (C=O) groups excluding carboxylic acids is 1. The van der Waals surface area contributed by atoms with E-state index in [1.54, 1.807) is 0 Å². The third-order valence-corrected chi connectivity index (χ3v) is 4.69. The summed E-state index contributed by atoms with van der Waals surface area (Å²) in [6.45, 7) is 0.393. The average molecular weight is 362 g/mol. The van der Waals surface area contributed by atoms with E-state index in [0.717, 1.165) is 18.4 Å². The van der Waals surface area contributed by atoms with Gasteiger partial charge in [-0.15, -0.1) is 0 Å². The van der Waals surface area contributed by atoms with Gasteiger partial charge in [-0.3, -0.25) is 14.4 Å². The van der Waals surface area contributed by atoms with Crippen molar-refractivity contribution in [1.82, 2.24) is 10.2 Å². The summed E-state index contributed by atoms with van der Waals surface area (Å²) >= 11 is 0. The van der Waals surface area contributed by atoms with Crippen molar-refractivity contribution in [2.24, 2.45) is 5.92 Å². The molecule has 1 saturated heterocycles. The molecule has 0 spiro atoms. The first-order valence-electron chi connectivity index (χ1n) is 8.98. The fraction of sp³-hybridized carbons (Fsp3) is 0.526. The first kappa shape index (κ1) is 19.9. The summed E-state index contributed by atoms with van der Waals surface area (Å²) in [6.07, 6.45) is 3.31. The van der Waals surface area contributed by atoms with Gasteiger partial charge in [-0.2, -0.15) is 0 Å². The maximum absolute atomic E-state index is 12.5. The highest BCUT2D eigenvalue weighted by Crippen LogP contribution is 2.18. The van der Waals surface area contributed by atoms with Crippen molar-refractivity contribution in [2.75, 3.05) is 19.6 Å². The number of hydrogen-bond acceptors (Lipinski definition) is 4. The Morgan fingerprint density at radius 2 is 1.92 bits per heavy atom. The van der Waals surface area contributed by atoms with E-state index in [2.05, 4.69) is 5.32 Å². The summed E-state index contributed by atoms with van der Waals surface area (Å²) in [4.78, 5) is 36.3. The molecule has 7 heteroatoms. The molecule has 1 aromatic carbocycles. The average Bonchev–Trinajstić information content (AvgIpc) is 2.77. The normalized spacial score (nSPS) is 19.0. The molecule has 0 aromatic heterocycles. The number of benzene rings is 1. The molecule has 26 heavy (non-hydrogen) atoms. The van der Waals surface area contributed by atoms with Gasteiger partial charge in [0, 0.05) is 13.1 Å². The number of aliphatic carboxylic acids is 2. The summed E-state index contributed by atoms with van der Waals surface area (Å²) in [7, 11) is 0. The fourth-order valence-corrected chi connectivity index (χ4v) is 3.25. The molecule has 7 nitrogen and oxygen atoms in total. The third kappa shape index (κ3) is 6.15. The van der Waals surface area contributed by atoms with Crippen LogP contribution < -0.4 is 5.32 Å². The molecule has 0 bridgehead atoms. The number of carbonyl (C=O) groups is 3. The Bertz CT molecular complexity index is 620. The topological polar surface area (TPSA) is 107 Å². The highest BCUT2D eigenvalue weighted by molar-refractivity contribution is 5.83. The molecule has 2 rings (SSSR count). The number of hydrogen-bond donors (Lipinski definition) is 3. The Hall–Kier alpha value is -2.41. The van der Waals surface area contributed by atoms with Crippen LogP contribution in [0.15, 0.2) is 30.3 Å². The lowest BCUT2D eigenvalue weighted by Gasteiger charge is -2.24. The van der Waals surface area contributed by atoms with Gasteiger partial charge in [-0.1, -0.05) is 36.8 Å². The lowest BCUT2D eigenvalue weighted by molar-refractivity contribution is -0.146. The second-order valence-electron chi connectivity index (χ2n) is 6.67. The van der Waals surface area contributed by atoms with E-state index in [1.165, 1.54) is 4.90 Å². The molecule has 0 aliphatic carbocycles. The summed E-state index contributed by atoms with van der Waals surface area (Å²) < 4.78 is 0. The number of nitrogens with one attached hydrogen (secondary N) is 1. The smallest absolute Gasteiger partial charge is 0.323 e. The number of aryl methyl sites for hydroxylation is 1. The molecule has 1 aromatic rings. The van der Waals surface area contributed by atoms with Gasteiger partial charge in [0.1, 0.15) is 12.6 Å². The van der Waals surface area contributed by atoms with Crippen molar-refractivity contribution in [3.05, 3.63) is 35.9 Å². The molecule has 1 aliphatic rings. The van der Waals surface area contributed by atoms with Gasteiger partial charge in [0.05, 0.1) is 5.92 Å². The van der Waals surface area contributed by atoms with Crippen molar-refractivity contribution >= 4 is 17.8 Å². The van der Waals surface area contributed by atoms with Gasteiger partial charge in [0.2, 0.25) is 5.91 Å². The Morgan fingerprint density at radius 1 is 1.19 bits per heavy atom. The molecule has 1 heterocycles. The highest BCUT2D eigenvalue weighted by Gasteiger charge is 2.29. The Balaban J connectivity index is 1.90. The number of rotatable bonds is 9. The van der Waals surface area contributed by atoms with E-state index in [4.69, 9.17) is 5.11 Å². The molecular weight excluding hydrogens is 336 g/mol. The summed E-state index contributed by atoms with van der Waals surface area (Å²) in [6, 6.07) is 8.92. The predicted octanol–water partition coefficient (Wildman–Crippen LogP) is 1.38. The van der Waals surface area contributed by atoms with Crippen LogP contribution >= 0.6 is 0 Å². The quantitative estimate of drug-likeness (QED) is 0.613. The van der Waals surface area contributed by atoms with Crippen molar-refractivity contribution < 1.29 is 24.6 Å². The maximum atomic E-state index is 12.5. The minimum absolute atomic E-state index is 0.204. The zero-order valence-electron chi connectivity index (χ0n) is 14.8. The minimum Gasteiger partial charge on any atom is -0.480 e. The molecule has 0 saturated carbocycles. The van der Waals surface area contributed by atoms with Crippen LogP contribution in [0.4, 0.5) is 0 Å². The molecule has 142 valence electrons. The lowest BCUT2D eigenvalue weighted by Crippen LogP contribution is -2.45. The van der Waals surface area contributed by atoms with Crippen LogP contribution in [-0.2, 0) is 20.8 Å². The van der Waals surface area contributed by atoms with E-state index in [-0.39, 0.29) is 24.9 Å². The molecule has 0 radical (unpaired) electrons. The monoisotopic (exact) mass is 362 g/mol. The maximum Gasteiger partial charge on any atom is 0.323 e. The van der Waals surface area contributed by atoms with Crippen LogP contribution in [0.2, 0.25) is 0 Å². The number of nitrogens with zero attached hydrogens (tertiary/aromatic N) is 1. The third-order valence-electron chi connectivity index (χ3n) is 4.69. The van der Waals surface area contributed by atoms with Gasteiger partial charge in [-0.25, -0.2) is 0 Å². The van der Waals surface area contributed by atoms with E-state index >= 15 is 0 Å². The molecule has 1 amide bonds. The summed E-state index contributed by atoms with van der Waals surface area (Å²) in [5.41, 5.74) is 1.07. The fourth-order valence-electron chi connectivity index (χ4n) is 3.25. The van der Waals surface area contributed by atoms with E-state index in [0.29, 0.717) is 25.8 Å². The van der Waals surface area contributed by atoms with Gasteiger partial charge in [0.25, 0.3) is 0 Å². The zero-order chi connectivity index (χ0) is 18.9. The highest BCUT2D eigenvalue weighted by atomic mass is 16.4. The second-order valence-corrected chi connectivity index (χ2v) is 6.67. The zero-order valence-corrected chi connectivity index (χ0v) is 14.8. The second kappa shape index (κ2) is 9.91. The van der Waals surface area contributed by atoms with Crippen molar-refractivity contribution in [2.45, 2.75) is 38.1 Å². The van der Waals surface area contributed by atoms with Crippen LogP contribution in [0.3, 0.4) is 0 Å². The molecule has 1 fully saturated rings. The molecular formula is C19H26N2O5.